The van der Waals surface area contributed by atoms with E-state index in [2.05, 4.69) is 10.3 Å². The summed E-state index contributed by atoms with van der Waals surface area (Å²) in [6, 6.07) is 3.99. The quantitative estimate of drug-likeness (QED) is 0.301. The van der Waals surface area contributed by atoms with Crippen molar-refractivity contribution in [3.63, 3.8) is 0 Å². The molecule has 2 aromatic heterocycles. The average molecular weight is 513 g/mol. The maximum absolute atomic E-state index is 14.3. The molecule has 0 radical (unpaired) electrons. The summed E-state index contributed by atoms with van der Waals surface area (Å²) in [5.41, 5.74) is -0.621. The number of nitrogens with zero attached hydrogens (tertiary/aromatic N) is 2. The molecule has 4 rings (SSSR count). The summed E-state index contributed by atoms with van der Waals surface area (Å²) in [7, 11) is 1.37. The number of hydrogen-bond acceptors (Lipinski definition) is 11. The van der Waals surface area contributed by atoms with Gasteiger partial charge >= 0.3 is 17.7 Å². The number of aromatic nitrogens is 2. The summed E-state index contributed by atoms with van der Waals surface area (Å²) in [6.45, 7) is -1.75. The molecule has 3 aromatic rings. The predicted molar refractivity (Wildman–Crippen MR) is 115 cm³/mol. The van der Waals surface area contributed by atoms with E-state index < -0.39 is 49.4 Å². The molecule has 13 nitrogen and oxygen atoms in total. The molecular weight excluding hydrogens is 492 g/mol. The fourth-order valence-electron chi connectivity index (χ4n) is 3.65. The van der Waals surface area contributed by atoms with E-state index in [1.807, 2.05) is 0 Å². The summed E-state index contributed by atoms with van der Waals surface area (Å²) in [6.07, 6.45) is -6.40. The second kappa shape index (κ2) is 9.69. The molecule has 3 atom stereocenters. The van der Waals surface area contributed by atoms with Gasteiger partial charge in [0.15, 0.2) is 35.6 Å². The molecule has 3 heterocycles. The van der Waals surface area contributed by atoms with Crippen LogP contribution < -0.4 is 15.7 Å². The molecule has 36 heavy (non-hydrogen) atoms. The molecule has 0 saturated carbocycles. The lowest BCUT2D eigenvalue weighted by atomic mass is 10.1. The zero-order valence-corrected chi connectivity index (χ0v) is 18.6. The van der Waals surface area contributed by atoms with Crippen molar-refractivity contribution in [2.45, 2.75) is 37.6 Å². The highest BCUT2D eigenvalue weighted by Crippen LogP contribution is 2.42. The van der Waals surface area contributed by atoms with Gasteiger partial charge in [-0.15, -0.1) is 0 Å². The second-order valence-corrected chi connectivity index (χ2v) is 7.74. The number of amides is 1. The minimum absolute atomic E-state index is 0.130. The van der Waals surface area contributed by atoms with Crippen molar-refractivity contribution in [3.05, 3.63) is 46.2 Å². The van der Waals surface area contributed by atoms with Gasteiger partial charge < -0.3 is 39.1 Å². The monoisotopic (exact) mass is 513 g/mol. The Kier molecular flexibility index (Phi) is 6.81. The summed E-state index contributed by atoms with van der Waals surface area (Å²) in [5.74, 6) is -4.46. The molecule has 0 bridgehead atoms. The molecule has 1 saturated heterocycles. The van der Waals surface area contributed by atoms with Crippen LogP contribution in [0.1, 0.15) is 17.6 Å². The fraction of sp³-hybridized carbons (Fsp3) is 0.381. The van der Waals surface area contributed by atoms with Gasteiger partial charge in [0.05, 0.1) is 25.7 Å². The van der Waals surface area contributed by atoms with Gasteiger partial charge in [-0.1, -0.05) is 0 Å². The van der Waals surface area contributed by atoms with Crippen LogP contribution in [0.2, 0.25) is 0 Å². The number of methoxy groups -OCH3 is 1. The zero-order chi connectivity index (χ0) is 26.2. The van der Waals surface area contributed by atoms with E-state index in [1.54, 1.807) is 0 Å². The number of furan rings is 1. The number of rotatable bonds is 7. The molecule has 15 heteroatoms. The highest BCUT2D eigenvalue weighted by Gasteiger charge is 2.59. The number of nitrogens with one attached hydrogen (secondary N) is 1. The first-order valence-corrected chi connectivity index (χ1v) is 10.4. The van der Waals surface area contributed by atoms with Crippen LogP contribution in [0.15, 0.2) is 33.6 Å². The van der Waals surface area contributed by atoms with Gasteiger partial charge in [0.2, 0.25) is 6.23 Å². The van der Waals surface area contributed by atoms with E-state index in [4.69, 9.17) is 23.7 Å². The Balaban J connectivity index is 1.45. The van der Waals surface area contributed by atoms with Crippen molar-refractivity contribution < 1.29 is 52.6 Å². The summed E-state index contributed by atoms with van der Waals surface area (Å²) in [4.78, 5) is 27.9. The molecular formula is C21H21F2N3O10. The molecule has 0 unspecified atom stereocenters. The molecule has 1 aromatic carbocycles. The minimum atomic E-state index is -3.89. The van der Waals surface area contributed by atoms with Crippen LogP contribution in [0.25, 0.3) is 11.0 Å². The van der Waals surface area contributed by atoms with Crippen LogP contribution in [0, 0.1) is 0 Å². The average Bonchev–Trinajstić information content (AvgIpc) is 3.29. The first kappa shape index (κ1) is 25.3. The number of alkyl halides is 2. The molecule has 5 N–H and O–H groups in total. The molecule has 0 aliphatic carbocycles. The first-order chi connectivity index (χ1) is 17.1. The molecule has 1 aliphatic rings. The minimum Gasteiger partial charge on any atom is -0.504 e. The number of aliphatic hydroxyl groups excluding tert-OH is 3. The van der Waals surface area contributed by atoms with E-state index in [0.717, 1.165) is 12.3 Å². The third kappa shape index (κ3) is 4.44. The van der Waals surface area contributed by atoms with Crippen molar-refractivity contribution in [2.75, 3.05) is 19.0 Å². The van der Waals surface area contributed by atoms with E-state index in [0.29, 0.717) is 10.1 Å². The van der Waals surface area contributed by atoms with Crippen molar-refractivity contribution in [1.29, 1.82) is 0 Å². The molecule has 1 amide bonds. The van der Waals surface area contributed by atoms with E-state index in [1.165, 1.54) is 19.2 Å². The number of anilines is 1. The van der Waals surface area contributed by atoms with Gasteiger partial charge in [-0.05, 0) is 23.8 Å². The Morgan fingerprint density at radius 2 is 2.08 bits per heavy atom. The Bertz CT molecular complexity index is 1340. The van der Waals surface area contributed by atoms with Gasteiger partial charge in [-0.3, -0.25) is 9.88 Å². The van der Waals surface area contributed by atoms with Crippen molar-refractivity contribution in [2.24, 2.45) is 0 Å². The lowest BCUT2D eigenvalue weighted by Gasteiger charge is -2.21. The molecule has 0 spiro atoms. The standard InChI is InChI=1S/C21H21F2N3O10/c1-33-11-5-9(6-27)4-10-15(29)13(35-16(10)11)8-34-20(32)25-14-2-3-26(19(31)24-14)18-21(22,23)17(30)12(7-28)36-18/h2-5,12,17-18,27-30H,6-8H2,1H3,(H,24,25,31,32)/t12-,17-,18-/m1/s1. The van der Waals surface area contributed by atoms with Crippen molar-refractivity contribution >= 4 is 22.9 Å². The predicted octanol–water partition coefficient (Wildman–Crippen LogP) is 0.831. The third-order valence-electron chi connectivity index (χ3n) is 5.47. The van der Waals surface area contributed by atoms with Crippen LogP contribution in [0.3, 0.4) is 0 Å². The summed E-state index contributed by atoms with van der Waals surface area (Å²) in [5, 5.41) is 40.8. The number of carbonyl (C=O) groups excluding carboxylic acids is 1. The fourth-order valence-corrected chi connectivity index (χ4v) is 3.65. The van der Waals surface area contributed by atoms with Crippen LogP contribution in [0.4, 0.5) is 19.4 Å². The number of halogens is 2. The normalized spacial score (nSPS) is 21.0. The van der Waals surface area contributed by atoms with Crippen molar-refractivity contribution in [3.8, 4) is 11.5 Å². The van der Waals surface area contributed by atoms with Crippen LogP contribution >= 0.6 is 0 Å². The molecule has 1 fully saturated rings. The van der Waals surface area contributed by atoms with Crippen LogP contribution in [0.5, 0.6) is 11.5 Å². The Hall–Kier alpha value is -3.79. The number of hydrogen-bond donors (Lipinski definition) is 5. The number of benzene rings is 1. The van der Waals surface area contributed by atoms with E-state index >= 15 is 0 Å². The SMILES string of the molecule is COc1cc(CO)cc2c(O)c(COC(=O)Nc3ccn([C@@H]4O[C@H](CO)[C@@H](O)C4(F)F)c(=O)n3)oc12. The second-order valence-electron chi connectivity index (χ2n) is 7.74. The largest absolute Gasteiger partial charge is 0.504 e. The highest BCUT2D eigenvalue weighted by atomic mass is 19.3. The van der Waals surface area contributed by atoms with E-state index in [9.17, 15) is 33.7 Å². The van der Waals surface area contributed by atoms with Gasteiger partial charge in [-0.25, -0.2) is 9.59 Å². The van der Waals surface area contributed by atoms with Crippen LogP contribution in [-0.4, -0.2) is 67.9 Å². The molecule has 194 valence electrons. The summed E-state index contributed by atoms with van der Waals surface area (Å²) < 4.78 is 49.5. The first-order valence-electron chi connectivity index (χ1n) is 10.4. The lowest BCUT2D eigenvalue weighted by molar-refractivity contribution is -0.140. The maximum atomic E-state index is 14.3. The Morgan fingerprint density at radius 3 is 2.69 bits per heavy atom. The highest BCUT2D eigenvalue weighted by molar-refractivity contribution is 5.90. The lowest BCUT2D eigenvalue weighted by Crippen LogP contribution is -2.41. The Morgan fingerprint density at radius 1 is 1.33 bits per heavy atom. The number of carbonyl (C=O) groups is 1. The number of fused-ring (bicyclic) bond motifs is 1. The maximum Gasteiger partial charge on any atom is 0.413 e. The van der Waals surface area contributed by atoms with Gasteiger partial charge in [0, 0.05) is 6.20 Å². The topological polar surface area (TPSA) is 186 Å². The third-order valence-corrected chi connectivity index (χ3v) is 5.47. The zero-order valence-electron chi connectivity index (χ0n) is 18.6. The number of aliphatic hydroxyl groups is 3. The van der Waals surface area contributed by atoms with Crippen molar-refractivity contribution in [1.82, 2.24) is 9.55 Å². The van der Waals surface area contributed by atoms with Gasteiger partial charge in [0.25, 0.3) is 0 Å². The van der Waals surface area contributed by atoms with Gasteiger partial charge in [0.1, 0.15) is 11.9 Å². The number of aromatic hydroxyl groups is 1. The van der Waals surface area contributed by atoms with E-state index in [-0.39, 0.29) is 40.7 Å². The van der Waals surface area contributed by atoms with Crippen LogP contribution in [-0.2, 0) is 22.7 Å². The number of ether oxygens (including phenoxy) is 3. The summed E-state index contributed by atoms with van der Waals surface area (Å²) >= 11 is 0. The molecule has 1 aliphatic heterocycles. The smallest absolute Gasteiger partial charge is 0.413 e. The van der Waals surface area contributed by atoms with Gasteiger partial charge in [-0.2, -0.15) is 13.8 Å². The Labute approximate surface area is 200 Å².